The summed E-state index contributed by atoms with van der Waals surface area (Å²) in [4.78, 5) is 25.0. The fraction of sp³-hybridized carbons (Fsp3) is 0.545. The quantitative estimate of drug-likeness (QED) is 0.0274. The van der Waals surface area contributed by atoms with E-state index in [-0.39, 0.29) is 19.1 Å². The number of phosphoric acid groups is 1. The van der Waals surface area contributed by atoms with Gasteiger partial charge in [0.2, 0.25) is 5.91 Å². The number of carbonyl (C=O) groups is 1. The Bertz CT molecular complexity index is 1540. The minimum atomic E-state index is -4.56. The normalized spacial score (nSPS) is 15.4. The van der Waals surface area contributed by atoms with E-state index in [9.17, 15) is 19.4 Å². The fourth-order valence-electron chi connectivity index (χ4n) is 5.78. The van der Waals surface area contributed by atoms with Crippen molar-refractivity contribution in [3.8, 4) is 0 Å². The van der Waals surface area contributed by atoms with Crippen molar-refractivity contribution in [1.29, 1.82) is 0 Å². The molecule has 3 unspecified atom stereocenters. The standard InChI is InChI=1S/C55H89N2O6P/c1-6-8-10-11-12-13-14-15-16-17-18-19-20-21-22-23-24-25-26-27-28-29-30-31-32-33-34-35-36-37-38-39-40-41-42-43-44-45-47-49-55(59)56-53(54(58)48-46-9-7-2)52-63-64(60,61)62-51-50-57(3,4)5/h8,10,12-13,15-16,18-19,21-22,24-25,27-28,30-31,33-34,36-37,39-40,42-43,53-54,58H,6-7,9,11,14,17,20,23,26,29,32,35,38,41,44-52H2,1-5H3,(H-,56,59,60,61)/b10-8-,13-12-,16-15-,19-18-,22-21-,25-24-,28-27-,31-30-,34-33-,37-36-,40-39-,43-42-. The van der Waals surface area contributed by atoms with Crippen LogP contribution in [-0.2, 0) is 18.4 Å². The molecule has 0 aromatic rings. The summed E-state index contributed by atoms with van der Waals surface area (Å²) in [5.74, 6) is -0.227. The first-order chi connectivity index (χ1) is 31.0. The molecule has 360 valence electrons. The number of aliphatic hydroxyl groups is 1. The molecule has 0 spiro atoms. The zero-order chi connectivity index (χ0) is 47.1. The van der Waals surface area contributed by atoms with Gasteiger partial charge in [0.15, 0.2) is 0 Å². The SMILES string of the molecule is CC/C=C\C/C=C\C/C=C\C/C=C\C/C=C\C/C=C\C/C=C\C/C=C\C/C=C\C/C=C\C/C=C\C/C=C\CCCCC(=O)NC(COP(=O)([O-])OCC[N+](C)(C)C)C(O)CCCCC. The van der Waals surface area contributed by atoms with E-state index in [1.807, 2.05) is 21.1 Å². The van der Waals surface area contributed by atoms with E-state index in [0.717, 1.165) is 109 Å². The molecule has 0 fully saturated rings. The molecule has 0 aromatic carbocycles. The van der Waals surface area contributed by atoms with Gasteiger partial charge in [-0.1, -0.05) is 179 Å². The van der Waals surface area contributed by atoms with Crippen molar-refractivity contribution in [3.63, 3.8) is 0 Å². The zero-order valence-corrected chi connectivity index (χ0v) is 41.6. The van der Waals surface area contributed by atoms with Gasteiger partial charge in [0.1, 0.15) is 13.2 Å². The first-order valence-corrected chi connectivity index (χ1v) is 25.6. The molecule has 0 rings (SSSR count). The highest BCUT2D eigenvalue weighted by Crippen LogP contribution is 2.38. The predicted molar refractivity (Wildman–Crippen MR) is 274 cm³/mol. The zero-order valence-electron chi connectivity index (χ0n) is 40.7. The monoisotopic (exact) mass is 905 g/mol. The number of carbonyl (C=O) groups excluding carboxylic acids is 1. The Morgan fingerprint density at radius 1 is 0.562 bits per heavy atom. The number of phosphoric ester groups is 1. The van der Waals surface area contributed by atoms with Crippen LogP contribution in [0, 0.1) is 0 Å². The number of hydrogen-bond donors (Lipinski definition) is 2. The van der Waals surface area contributed by atoms with Gasteiger partial charge in [-0.2, -0.15) is 0 Å². The Hall–Kier alpha value is -3.62. The molecule has 8 nitrogen and oxygen atoms in total. The van der Waals surface area contributed by atoms with Gasteiger partial charge in [0.05, 0.1) is 39.9 Å². The van der Waals surface area contributed by atoms with Crippen LogP contribution >= 0.6 is 7.82 Å². The van der Waals surface area contributed by atoms with Gasteiger partial charge in [-0.3, -0.25) is 9.36 Å². The van der Waals surface area contributed by atoms with Crippen LogP contribution in [-0.4, -0.2) is 68.5 Å². The summed E-state index contributed by atoms with van der Waals surface area (Å²) < 4.78 is 22.9. The lowest BCUT2D eigenvalue weighted by atomic mass is 10.0. The second-order valence-electron chi connectivity index (χ2n) is 16.7. The molecular weight excluding hydrogens is 816 g/mol. The van der Waals surface area contributed by atoms with Crippen LogP contribution in [0.2, 0.25) is 0 Å². The van der Waals surface area contributed by atoms with Crippen molar-refractivity contribution < 1.29 is 32.9 Å². The first-order valence-electron chi connectivity index (χ1n) is 24.2. The van der Waals surface area contributed by atoms with Crippen molar-refractivity contribution in [2.75, 3.05) is 40.9 Å². The van der Waals surface area contributed by atoms with Crippen LogP contribution in [0.5, 0.6) is 0 Å². The molecule has 64 heavy (non-hydrogen) atoms. The highest BCUT2D eigenvalue weighted by atomic mass is 31.2. The number of quaternary nitrogens is 1. The third-order valence-corrected chi connectivity index (χ3v) is 10.6. The molecule has 0 radical (unpaired) electrons. The van der Waals surface area contributed by atoms with Crippen molar-refractivity contribution in [3.05, 3.63) is 146 Å². The van der Waals surface area contributed by atoms with Gasteiger partial charge in [-0.15, -0.1) is 0 Å². The van der Waals surface area contributed by atoms with Gasteiger partial charge < -0.3 is 28.8 Å². The minimum Gasteiger partial charge on any atom is -0.756 e. The Morgan fingerprint density at radius 2 is 0.938 bits per heavy atom. The Labute approximate surface area is 391 Å². The third kappa shape index (κ3) is 46.4. The number of likely N-dealkylation sites (N-methyl/N-ethyl adjacent to an activating group) is 1. The van der Waals surface area contributed by atoms with E-state index < -0.39 is 20.0 Å². The minimum absolute atomic E-state index is 0.00671. The maximum atomic E-state index is 12.7. The Morgan fingerprint density at radius 3 is 1.30 bits per heavy atom. The van der Waals surface area contributed by atoms with E-state index in [0.29, 0.717) is 30.3 Å². The molecule has 2 N–H and O–H groups in total. The summed E-state index contributed by atoms with van der Waals surface area (Å²) in [6, 6.07) is -0.830. The lowest BCUT2D eigenvalue weighted by Crippen LogP contribution is -2.46. The van der Waals surface area contributed by atoms with E-state index in [1.54, 1.807) is 0 Å². The van der Waals surface area contributed by atoms with Crippen LogP contribution in [0.25, 0.3) is 0 Å². The first kappa shape index (κ1) is 60.4. The van der Waals surface area contributed by atoms with E-state index >= 15 is 0 Å². The van der Waals surface area contributed by atoms with E-state index in [1.165, 1.54) is 0 Å². The molecule has 1 amide bonds. The average molecular weight is 905 g/mol. The van der Waals surface area contributed by atoms with Crippen LogP contribution in [0.1, 0.15) is 142 Å². The third-order valence-electron chi connectivity index (χ3n) is 9.59. The van der Waals surface area contributed by atoms with Crippen LogP contribution in [0.4, 0.5) is 0 Å². The van der Waals surface area contributed by atoms with Crippen LogP contribution in [0.3, 0.4) is 0 Å². The molecule has 0 bridgehead atoms. The average Bonchev–Trinajstić information content (AvgIpc) is 3.25. The summed E-state index contributed by atoms with van der Waals surface area (Å²) in [7, 11) is 1.24. The summed E-state index contributed by atoms with van der Waals surface area (Å²) >= 11 is 0. The van der Waals surface area contributed by atoms with Crippen LogP contribution in [0.15, 0.2) is 146 Å². The fourth-order valence-corrected chi connectivity index (χ4v) is 6.50. The molecule has 0 saturated heterocycles. The molecule has 0 aromatic heterocycles. The van der Waals surface area contributed by atoms with Gasteiger partial charge >= 0.3 is 0 Å². The number of nitrogens with one attached hydrogen (secondary N) is 1. The van der Waals surface area contributed by atoms with Gasteiger partial charge in [-0.05, 0) is 103 Å². The predicted octanol–water partition coefficient (Wildman–Crippen LogP) is 13.6. The van der Waals surface area contributed by atoms with E-state index in [2.05, 4.69) is 165 Å². The smallest absolute Gasteiger partial charge is 0.268 e. The van der Waals surface area contributed by atoms with Gasteiger partial charge in [0, 0.05) is 6.42 Å². The maximum absolute atomic E-state index is 12.7. The number of rotatable bonds is 41. The summed E-state index contributed by atoms with van der Waals surface area (Å²) in [5.41, 5.74) is 0. The molecule has 0 aliphatic carbocycles. The van der Waals surface area contributed by atoms with Crippen molar-refractivity contribution in [2.45, 2.75) is 154 Å². The summed E-state index contributed by atoms with van der Waals surface area (Å²) in [5, 5.41) is 13.5. The number of amides is 1. The Kier molecular flexibility index (Phi) is 42.1. The molecule has 0 aliphatic heterocycles. The second kappa shape index (κ2) is 44.6. The molecule has 0 saturated carbocycles. The largest absolute Gasteiger partial charge is 0.756 e. The Balaban J connectivity index is 4.02. The number of allylic oxidation sites excluding steroid dienone is 24. The molecule has 0 aliphatic rings. The number of nitrogens with zero attached hydrogens (tertiary/aromatic N) is 1. The topological polar surface area (TPSA) is 108 Å². The lowest BCUT2D eigenvalue weighted by Gasteiger charge is -2.30. The molecule has 9 heteroatoms. The highest BCUT2D eigenvalue weighted by Gasteiger charge is 2.24. The number of unbranched alkanes of at least 4 members (excludes halogenated alkanes) is 4. The number of aliphatic hydroxyl groups excluding tert-OH is 1. The molecule has 3 atom stereocenters. The van der Waals surface area contributed by atoms with Gasteiger partial charge in [-0.25, -0.2) is 0 Å². The lowest BCUT2D eigenvalue weighted by molar-refractivity contribution is -0.870. The van der Waals surface area contributed by atoms with Crippen molar-refractivity contribution in [1.82, 2.24) is 5.32 Å². The summed E-state index contributed by atoms with van der Waals surface area (Å²) in [6.45, 7) is 4.35. The van der Waals surface area contributed by atoms with Crippen molar-refractivity contribution >= 4 is 13.7 Å². The highest BCUT2D eigenvalue weighted by molar-refractivity contribution is 7.45. The second-order valence-corrected chi connectivity index (χ2v) is 18.1. The van der Waals surface area contributed by atoms with Crippen LogP contribution < -0.4 is 10.2 Å². The molecule has 0 heterocycles. The van der Waals surface area contributed by atoms with Gasteiger partial charge in [0.25, 0.3) is 7.82 Å². The van der Waals surface area contributed by atoms with Crippen molar-refractivity contribution in [2.24, 2.45) is 0 Å². The molecular formula is C55H89N2O6P. The summed E-state index contributed by atoms with van der Waals surface area (Å²) in [6.07, 6.45) is 69.7. The number of hydrogen-bond acceptors (Lipinski definition) is 6. The maximum Gasteiger partial charge on any atom is 0.268 e. The van der Waals surface area contributed by atoms with E-state index in [4.69, 9.17) is 9.05 Å².